The highest BCUT2D eigenvalue weighted by Crippen LogP contribution is 2.28. The topological polar surface area (TPSA) is 41.5 Å². The standard InChI is InChI=1S/C15H15BrFNO2/c1-20-15-5-3-2-4-13(15)18-14(9-19)10-6-7-11(16)12(17)8-10/h2-8,14,18-19H,9H2,1H3. The van der Waals surface area contributed by atoms with Gasteiger partial charge in [-0.05, 0) is 45.8 Å². The average molecular weight is 340 g/mol. The molecule has 0 saturated heterocycles. The molecular weight excluding hydrogens is 325 g/mol. The van der Waals surface area contributed by atoms with E-state index in [0.29, 0.717) is 15.8 Å². The van der Waals surface area contributed by atoms with E-state index in [1.165, 1.54) is 6.07 Å². The van der Waals surface area contributed by atoms with E-state index in [1.807, 2.05) is 24.3 Å². The second-order valence-electron chi connectivity index (χ2n) is 4.25. The summed E-state index contributed by atoms with van der Waals surface area (Å²) in [5.41, 5.74) is 1.41. The molecule has 0 aliphatic carbocycles. The molecule has 0 aliphatic heterocycles. The highest BCUT2D eigenvalue weighted by atomic mass is 79.9. The molecule has 2 aromatic carbocycles. The number of ether oxygens (including phenoxy) is 1. The van der Waals surface area contributed by atoms with Gasteiger partial charge in [0.05, 0.1) is 29.9 Å². The van der Waals surface area contributed by atoms with Gasteiger partial charge in [0.25, 0.3) is 0 Å². The predicted octanol–water partition coefficient (Wildman–Crippen LogP) is 3.74. The fraction of sp³-hybridized carbons (Fsp3) is 0.200. The monoisotopic (exact) mass is 339 g/mol. The third-order valence-electron chi connectivity index (χ3n) is 2.97. The number of hydrogen-bond acceptors (Lipinski definition) is 3. The Kier molecular flexibility index (Phi) is 4.98. The Morgan fingerprint density at radius 2 is 2.05 bits per heavy atom. The lowest BCUT2D eigenvalue weighted by atomic mass is 10.1. The maximum absolute atomic E-state index is 13.6. The summed E-state index contributed by atoms with van der Waals surface area (Å²) < 4.78 is 19.2. The number of rotatable bonds is 5. The first-order valence-electron chi connectivity index (χ1n) is 6.11. The van der Waals surface area contributed by atoms with Crippen molar-refractivity contribution < 1.29 is 14.2 Å². The summed E-state index contributed by atoms with van der Waals surface area (Å²) in [6.07, 6.45) is 0. The maximum atomic E-state index is 13.6. The molecule has 0 radical (unpaired) electrons. The quantitative estimate of drug-likeness (QED) is 0.871. The number of benzene rings is 2. The number of aliphatic hydroxyl groups excluding tert-OH is 1. The molecule has 0 aliphatic rings. The van der Waals surface area contributed by atoms with E-state index in [0.717, 1.165) is 5.69 Å². The van der Waals surface area contributed by atoms with Crippen LogP contribution in [0.15, 0.2) is 46.9 Å². The van der Waals surface area contributed by atoms with Gasteiger partial charge in [0.1, 0.15) is 11.6 Å². The largest absolute Gasteiger partial charge is 0.495 e. The molecule has 0 aromatic heterocycles. The van der Waals surface area contributed by atoms with Crippen LogP contribution in [0.2, 0.25) is 0 Å². The van der Waals surface area contributed by atoms with Gasteiger partial charge in [-0.3, -0.25) is 0 Å². The molecule has 2 rings (SSSR count). The highest BCUT2D eigenvalue weighted by Gasteiger charge is 2.14. The molecule has 0 amide bonds. The second-order valence-corrected chi connectivity index (χ2v) is 5.11. The van der Waals surface area contributed by atoms with Crippen molar-refractivity contribution in [2.75, 3.05) is 19.0 Å². The molecule has 2 aromatic rings. The lowest BCUT2D eigenvalue weighted by Gasteiger charge is -2.20. The van der Waals surface area contributed by atoms with Gasteiger partial charge < -0.3 is 15.2 Å². The van der Waals surface area contributed by atoms with Crippen molar-refractivity contribution in [1.29, 1.82) is 0 Å². The molecular formula is C15H15BrFNO2. The van der Waals surface area contributed by atoms with Crippen LogP contribution in [0.25, 0.3) is 0 Å². The van der Waals surface area contributed by atoms with Gasteiger partial charge in [-0.25, -0.2) is 4.39 Å². The first kappa shape index (κ1) is 14.8. The molecule has 3 nitrogen and oxygen atoms in total. The summed E-state index contributed by atoms with van der Waals surface area (Å²) in [5.74, 6) is 0.311. The van der Waals surface area contributed by atoms with E-state index in [2.05, 4.69) is 21.2 Å². The van der Waals surface area contributed by atoms with Crippen molar-refractivity contribution in [3.8, 4) is 5.75 Å². The molecule has 1 atom stereocenters. The number of halogens is 2. The van der Waals surface area contributed by atoms with E-state index < -0.39 is 6.04 Å². The van der Waals surface area contributed by atoms with E-state index in [4.69, 9.17) is 4.74 Å². The molecule has 20 heavy (non-hydrogen) atoms. The van der Waals surface area contributed by atoms with Gasteiger partial charge in [-0.1, -0.05) is 18.2 Å². The van der Waals surface area contributed by atoms with Crippen LogP contribution in [0.1, 0.15) is 11.6 Å². The predicted molar refractivity (Wildman–Crippen MR) is 80.5 cm³/mol. The van der Waals surface area contributed by atoms with Crippen LogP contribution in [-0.2, 0) is 0 Å². The zero-order valence-corrected chi connectivity index (χ0v) is 12.5. The lowest BCUT2D eigenvalue weighted by Crippen LogP contribution is -2.15. The summed E-state index contributed by atoms with van der Waals surface area (Å²) in [4.78, 5) is 0. The van der Waals surface area contributed by atoms with Crippen molar-refractivity contribution in [1.82, 2.24) is 0 Å². The van der Waals surface area contributed by atoms with Gasteiger partial charge in [0.2, 0.25) is 0 Å². The minimum atomic E-state index is -0.408. The molecule has 0 bridgehead atoms. The summed E-state index contributed by atoms with van der Waals surface area (Å²) in [5, 5.41) is 12.7. The fourth-order valence-corrected chi connectivity index (χ4v) is 2.16. The Labute approximate surface area is 125 Å². The Balaban J connectivity index is 2.26. The maximum Gasteiger partial charge on any atom is 0.141 e. The van der Waals surface area contributed by atoms with Crippen LogP contribution in [0.3, 0.4) is 0 Å². The summed E-state index contributed by atoms with van der Waals surface area (Å²) in [7, 11) is 1.58. The first-order valence-corrected chi connectivity index (χ1v) is 6.90. The van der Waals surface area contributed by atoms with Gasteiger partial charge in [-0.2, -0.15) is 0 Å². The van der Waals surface area contributed by atoms with E-state index in [-0.39, 0.29) is 12.4 Å². The molecule has 0 spiro atoms. The molecule has 0 saturated carbocycles. The average Bonchev–Trinajstić information content (AvgIpc) is 2.48. The number of nitrogens with one attached hydrogen (secondary N) is 1. The number of methoxy groups -OCH3 is 1. The van der Waals surface area contributed by atoms with Crippen LogP contribution in [0.5, 0.6) is 5.75 Å². The summed E-state index contributed by atoms with van der Waals surface area (Å²) in [6, 6.07) is 11.8. The first-order chi connectivity index (χ1) is 9.65. The molecule has 2 N–H and O–H groups in total. The normalized spacial score (nSPS) is 12.0. The minimum absolute atomic E-state index is 0.154. The number of hydrogen-bond donors (Lipinski definition) is 2. The van der Waals surface area contributed by atoms with Crippen LogP contribution in [0.4, 0.5) is 10.1 Å². The molecule has 1 unspecified atom stereocenters. The van der Waals surface area contributed by atoms with Gasteiger partial charge in [0.15, 0.2) is 0 Å². The molecule has 0 heterocycles. The van der Waals surface area contributed by atoms with Gasteiger partial charge in [-0.15, -0.1) is 0 Å². The smallest absolute Gasteiger partial charge is 0.141 e. The van der Waals surface area contributed by atoms with Crippen LogP contribution in [-0.4, -0.2) is 18.8 Å². The second kappa shape index (κ2) is 6.72. The molecule has 5 heteroatoms. The molecule has 106 valence electrons. The van der Waals surface area contributed by atoms with Crippen molar-refractivity contribution in [3.63, 3.8) is 0 Å². The van der Waals surface area contributed by atoms with Crippen molar-refractivity contribution >= 4 is 21.6 Å². The van der Waals surface area contributed by atoms with Gasteiger partial charge in [0, 0.05) is 0 Å². The van der Waals surface area contributed by atoms with Crippen LogP contribution >= 0.6 is 15.9 Å². The number of aliphatic hydroxyl groups is 1. The highest BCUT2D eigenvalue weighted by molar-refractivity contribution is 9.10. The number of para-hydroxylation sites is 2. The van der Waals surface area contributed by atoms with Gasteiger partial charge >= 0.3 is 0 Å². The Morgan fingerprint density at radius 1 is 1.30 bits per heavy atom. The van der Waals surface area contributed by atoms with Crippen LogP contribution in [0, 0.1) is 5.82 Å². The van der Waals surface area contributed by atoms with Crippen molar-refractivity contribution in [2.24, 2.45) is 0 Å². The minimum Gasteiger partial charge on any atom is -0.495 e. The summed E-state index contributed by atoms with van der Waals surface area (Å²) >= 11 is 3.11. The third-order valence-corrected chi connectivity index (χ3v) is 3.61. The Morgan fingerprint density at radius 3 is 2.70 bits per heavy atom. The van der Waals surface area contributed by atoms with E-state index in [9.17, 15) is 9.50 Å². The fourth-order valence-electron chi connectivity index (χ4n) is 1.92. The van der Waals surface area contributed by atoms with Crippen molar-refractivity contribution in [2.45, 2.75) is 6.04 Å². The SMILES string of the molecule is COc1ccccc1NC(CO)c1ccc(Br)c(F)c1. The Hall–Kier alpha value is -1.59. The van der Waals surface area contributed by atoms with E-state index in [1.54, 1.807) is 19.2 Å². The zero-order valence-electron chi connectivity index (χ0n) is 10.9. The lowest BCUT2D eigenvalue weighted by molar-refractivity contribution is 0.275. The number of anilines is 1. The van der Waals surface area contributed by atoms with Crippen molar-refractivity contribution in [3.05, 3.63) is 58.3 Å². The van der Waals surface area contributed by atoms with Crippen LogP contribution < -0.4 is 10.1 Å². The zero-order chi connectivity index (χ0) is 14.5. The Bertz CT molecular complexity index is 592. The third kappa shape index (κ3) is 3.29. The molecule has 0 fully saturated rings. The summed E-state index contributed by atoms with van der Waals surface area (Å²) in [6.45, 7) is -0.154. The van der Waals surface area contributed by atoms with E-state index >= 15 is 0 Å².